The lowest BCUT2D eigenvalue weighted by atomic mass is 10.1. The van der Waals surface area contributed by atoms with Gasteiger partial charge in [-0.05, 0) is 49.2 Å². The maximum atomic E-state index is 12.6. The van der Waals surface area contributed by atoms with Crippen LogP contribution in [0.25, 0.3) is 21.7 Å². The van der Waals surface area contributed by atoms with Crippen molar-refractivity contribution < 1.29 is 23.7 Å². The molecule has 0 aliphatic rings. The summed E-state index contributed by atoms with van der Waals surface area (Å²) in [7, 11) is 4.70. The second kappa shape index (κ2) is 12.6. The second-order valence-electron chi connectivity index (χ2n) is 7.83. The van der Waals surface area contributed by atoms with Gasteiger partial charge in [-0.2, -0.15) is 0 Å². The van der Waals surface area contributed by atoms with Crippen molar-refractivity contribution in [2.45, 2.75) is 26.8 Å². The minimum atomic E-state index is -0.637. The van der Waals surface area contributed by atoms with Gasteiger partial charge in [0.1, 0.15) is 5.75 Å². The van der Waals surface area contributed by atoms with Crippen molar-refractivity contribution in [1.82, 2.24) is 4.98 Å². The van der Waals surface area contributed by atoms with E-state index in [-0.39, 0.29) is 24.2 Å². The fourth-order valence-electron chi connectivity index (χ4n) is 3.34. The predicted molar refractivity (Wildman–Crippen MR) is 143 cm³/mol. The average molecular weight is 522 g/mol. The lowest BCUT2D eigenvalue weighted by Crippen LogP contribution is -2.39. The molecule has 190 valence electrons. The molecule has 3 rings (SSSR count). The van der Waals surface area contributed by atoms with Gasteiger partial charge in [0, 0.05) is 11.1 Å². The van der Waals surface area contributed by atoms with Crippen molar-refractivity contribution in [1.29, 1.82) is 0 Å². The van der Waals surface area contributed by atoms with Crippen LogP contribution in [-0.4, -0.2) is 44.9 Å². The van der Waals surface area contributed by atoms with Crippen LogP contribution in [0.2, 0.25) is 0 Å². The molecule has 0 spiro atoms. The maximum absolute atomic E-state index is 12.6. The highest BCUT2D eigenvalue weighted by atomic mass is 35.5. The zero-order chi connectivity index (χ0) is 24.8. The van der Waals surface area contributed by atoms with Crippen LogP contribution in [0.3, 0.4) is 0 Å². The van der Waals surface area contributed by atoms with Gasteiger partial charge < -0.3 is 30.0 Å². The Labute approximate surface area is 216 Å². The SMILES string of the molecule is CCOc1ccc(-c2nc(NC(=O)[C@@H](N)C(C)C)sc2-c2cc(OC)c(OC)c(OC)c2)cc1.Cl. The first-order valence-electron chi connectivity index (χ1n) is 10.9. The van der Waals surface area contributed by atoms with Crippen molar-refractivity contribution in [3.63, 3.8) is 0 Å². The van der Waals surface area contributed by atoms with Gasteiger partial charge in [0.25, 0.3) is 0 Å². The summed E-state index contributed by atoms with van der Waals surface area (Å²) in [6.45, 7) is 6.32. The number of thiazole rings is 1. The number of halogens is 1. The number of rotatable bonds is 10. The highest BCUT2D eigenvalue weighted by molar-refractivity contribution is 7.19. The molecule has 0 fully saturated rings. The third kappa shape index (κ3) is 6.36. The Morgan fingerprint density at radius 2 is 1.63 bits per heavy atom. The van der Waals surface area contributed by atoms with E-state index in [0.29, 0.717) is 34.7 Å². The van der Waals surface area contributed by atoms with Gasteiger partial charge in [0.05, 0.1) is 44.5 Å². The average Bonchev–Trinajstić information content (AvgIpc) is 3.26. The van der Waals surface area contributed by atoms with Gasteiger partial charge in [-0.25, -0.2) is 4.98 Å². The van der Waals surface area contributed by atoms with Crippen molar-refractivity contribution in [3.05, 3.63) is 36.4 Å². The van der Waals surface area contributed by atoms with Crippen LogP contribution in [0.1, 0.15) is 20.8 Å². The number of methoxy groups -OCH3 is 3. The van der Waals surface area contributed by atoms with E-state index in [9.17, 15) is 4.79 Å². The molecule has 1 heterocycles. The first kappa shape index (κ1) is 28.2. The summed E-state index contributed by atoms with van der Waals surface area (Å²) < 4.78 is 22.1. The van der Waals surface area contributed by atoms with Gasteiger partial charge in [-0.3, -0.25) is 4.79 Å². The maximum Gasteiger partial charge on any atom is 0.243 e. The third-order valence-electron chi connectivity index (χ3n) is 5.24. The van der Waals surface area contributed by atoms with Crippen LogP contribution in [-0.2, 0) is 4.79 Å². The minimum absolute atomic E-state index is 0. The number of nitrogens with zero attached hydrogens (tertiary/aromatic N) is 1. The summed E-state index contributed by atoms with van der Waals surface area (Å²) in [4.78, 5) is 18.2. The number of ether oxygens (including phenoxy) is 4. The highest BCUT2D eigenvalue weighted by Gasteiger charge is 2.23. The zero-order valence-corrected chi connectivity index (χ0v) is 22.3. The lowest BCUT2D eigenvalue weighted by Gasteiger charge is -2.14. The van der Waals surface area contributed by atoms with Gasteiger partial charge in [0.15, 0.2) is 16.6 Å². The number of carbonyl (C=O) groups is 1. The van der Waals surface area contributed by atoms with Crippen LogP contribution in [0.4, 0.5) is 5.13 Å². The van der Waals surface area contributed by atoms with E-state index in [0.717, 1.165) is 21.8 Å². The molecular formula is C25H32ClN3O5S. The molecule has 35 heavy (non-hydrogen) atoms. The number of anilines is 1. The summed E-state index contributed by atoms with van der Waals surface area (Å²) >= 11 is 1.35. The van der Waals surface area contributed by atoms with E-state index < -0.39 is 6.04 Å². The van der Waals surface area contributed by atoms with Gasteiger partial charge >= 0.3 is 0 Å². The molecule has 0 saturated carbocycles. The first-order valence-corrected chi connectivity index (χ1v) is 11.7. The van der Waals surface area contributed by atoms with E-state index >= 15 is 0 Å². The summed E-state index contributed by atoms with van der Waals surface area (Å²) in [5.74, 6) is 2.04. The molecule has 8 nitrogen and oxygen atoms in total. The van der Waals surface area contributed by atoms with Crippen molar-refractivity contribution >= 4 is 34.8 Å². The van der Waals surface area contributed by atoms with E-state index in [1.807, 2.05) is 57.2 Å². The number of nitrogens with one attached hydrogen (secondary N) is 1. The van der Waals surface area contributed by atoms with Gasteiger partial charge in [-0.1, -0.05) is 25.2 Å². The van der Waals surface area contributed by atoms with E-state index in [4.69, 9.17) is 29.7 Å². The fraction of sp³-hybridized carbons (Fsp3) is 0.360. The van der Waals surface area contributed by atoms with Crippen LogP contribution in [0, 0.1) is 5.92 Å². The molecule has 0 aliphatic carbocycles. The zero-order valence-electron chi connectivity index (χ0n) is 20.7. The summed E-state index contributed by atoms with van der Waals surface area (Å²) in [5.41, 5.74) is 8.42. The normalized spacial score (nSPS) is 11.4. The smallest absolute Gasteiger partial charge is 0.243 e. The van der Waals surface area contributed by atoms with Crippen LogP contribution < -0.4 is 30.0 Å². The van der Waals surface area contributed by atoms with E-state index in [2.05, 4.69) is 5.32 Å². The summed E-state index contributed by atoms with van der Waals surface area (Å²) in [6, 6.07) is 10.7. The molecule has 10 heteroatoms. The molecule has 3 N–H and O–H groups in total. The molecule has 1 atom stereocenters. The second-order valence-corrected chi connectivity index (χ2v) is 8.83. The molecule has 0 unspecified atom stereocenters. The summed E-state index contributed by atoms with van der Waals surface area (Å²) in [5, 5.41) is 3.32. The van der Waals surface area contributed by atoms with E-state index in [1.165, 1.54) is 11.3 Å². The Kier molecular flexibility index (Phi) is 10.2. The van der Waals surface area contributed by atoms with Crippen LogP contribution in [0.15, 0.2) is 36.4 Å². The molecular weight excluding hydrogens is 490 g/mol. The number of amides is 1. The first-order chi connectivity index (χ1) is 16.3. The Hall–Kier alpha value is -3.01. The Morgan fingerprint density at radius 1 is 1.03 bits per heavy atom. The number of carbonyl (C=O) groups excluding carboxylic acids is 1. The van der Waals surface area contributed by atoms with Gasteiger partial charge in [-0.15, -0.1) is 12.4 Å². The number of aromatic nitrogens is 1. The van der Waals surface area contributed by atoms with Crippen molar-refractivity contribution in [2.75, 3.05) is 33.3 Å². The molecule has 1 aromatic heterocycles. The van der Waals surface area contributed by atoms with Crippen LogP contribution in [0.5, 0.6) is 23.0 Å². The molecule has 3 aromatic rings. The number of nitrogens with two attached hydrogens (primary N) is 1. The molecule has 0 saturated heterocycles. The van der Waals surface area contributed by atoms with Crippen LogP contribution >= 0.6 is 23.7 Å². The quantitative estimate of drug-likeness (QED) is 0.375. The number of hydrogen-bond acceptors (Lipinski definition) is 8. The fourth-order valence-corrected chi connectivity index (χ4v) is 4.32. The lowest BCUT2D eigenvalue weighted by molar-refractivity contribution is -0.118. The Morgan fingerprint density at radius 3 is 2.11 bits per heavy atom. The predicted octanol–water partition coefficient (Wildman–Crippen LogP) is 5.25. The molecule has 0 aliphatic heterocycles. The Bertz CT molecular complexity index is 1110. The molecule has 0 radical (unpaired) electrons. The largest absolute Gasteiger partial charge is 0.494 e. The third-order valence-corrected chi connectivity index (χ3v) is 6.26. The monoisotopic (exact) mass is 521 g/mol. The molecule has 0 bridgehead atoms. The minimum Gasteiger partial charge on any atom is -0.494 e. The Balaban J connectivity index is 0.00000432. The van der Waals surface area contributed by atoms with E-state index in [1.54, 1.807) is 21.3 Å². The standard InChI is InChI=1S/C25H31N3O5S.ClH/c1-7-33-17-10-8-15(9-11-17)21-23(34-25(27-21)28-24(29)20(26)14(2)3)16-12-18(30-4)22(32-6)19(13-16)31-5;/h8-14,20H,7,26H2,1-6H3,(H,27,28,29);1H/t20-;/m0./s1. The van der Waals surface area contributed by atoms with Crippen molar-refractivity contribution in [3.8, 4) is 44.7 Å². The number of hydrogen-bond donors (Lipinski definition) is 2. The number of benzene rings is 2. The topological polar surface area (TPSA) is 105 Å². The summed E-state index contributed by atoms with van der Waals surface area (Å²) in [6.07, 6.45) is 0. The molecule has 2 aromatic carbocycles. The highest BCUT2D eigenvalue weighted by Crippen LogP contribution is 2.46. The van der Waals surface area contributed by atoms with Crippen molar-refractivity contribution in [2.24, 2.45) is 11.7 Å². The molecule has 1 amide bonds. The van der Waals surface area contributed by atoms with Gasteiger partial charge in [0.2, 0.25) is 11.7 Å².